The molecule has 0 radical (unpaired) electrons. The first-order valence-corrected chi connectivity index (χ1v) is 46.2. The molecule has 0 amide bonds. The lowest BCUT2D eigenvalue weighted by Gasteiger charge is -2.21. The Balaban J connectivity index is 5.16. The molecule has 0 bridgehead atoms. The van der Waals surface area contributed by atoms with E-state index in [0.29, 0.717) is 25.7 Å². The molecule has 19 heteroatoms. The molecule has 0 heterocycles. The molecule has 0 saturated carbocycles. The van der Waals surface area contributed by atoms with Crippen LogP contribution in [0.4, 0.5) is 0 Å². The fourth-order valence-corrected chi connectivity index (χ4v) is 14.5. The van der Waals surface area contributed by atoms with Crippen LogP contribution in [0.2, 0.25) is 0 Å². The Morgan fingerprint density at radius 3 is 0.696 bits per heavy atom. The molecule has 0 aromatic rings. The van der Waals surface area contributed by atoms with Crippen molar-refractivity contribution in [3.63, 3.8) is 0 Å². The van der Waals surface area contributed by atoms with Crippen LogP contribution < -0.4 is 0 Å². The average molecular weight is 1490 g/mol. The number of phosphoric acid groups is 2. The van der Waals surface area contributed by atoms with Crippen LogP contribution in [-0.4, -0.2) is 96.7 Å². The van der Waals surface area contributed by atoms with Gasteiger partial charge in [0.15, 0.2) is 12.2 Å². The predicted octanol–water partition coefficient (Wildman–Crippen LogP) is 25.2. The Hall–Kier alpha value is -1.94. The molecule has 102 heavy (non-hydrogen) atoms. The smallest absolute Gasteiger partial charge is 0.462 e. The van der Waals surface area contributed by atoms with Gasteiger partial charge in [-0.3, -0.25) is 37.3 Å². The van der Waals surface area contributed by atoms with Gasteiger partial charge in [-0.2, -0.15) is 0 Å². The zero-order valence-electron chi connectivity index (χ0n) is 66.8. The molecule has 0 aromatic heterocycles. The maximum atomic E-state index is 13.1. The van der Waals surface area contributed by atoms with E-state index in [-0.39, 0.29) is 25.7 Å². The molecule has 0 aromatic carbocycles. The fraction of sp³-hybridized carbons (Fsp3) is 0.952. The summed E-state index contributed by atoms with van der Waals surface area (Å²) in [4.78, 5) is 72.9. The Morgan fingerprint density at radius 2 is 0.471 bits per heavy atom. The fourth-order valence-electron chi connectivity index (χ4n) is 12.9. The number of ether oxygens (including phenoxy) is 4. The standard InChI is InChI=1S/C83H162O17P2/c1-6-10-13-16-19-22-24-26-28-30-32-34-35-37-39-41-43-45-47-53-58-63-68-82(87)99-79(73-94-81(86)67-62-57-52-46-44-42-40-38-36-33-31-29-27-25-23-20-17-14-11-7-2)75-98-102(91,92)96-71-77(84)70-95-101(89,90)97-74-78(72-93-80(85)66-61-56-51-21-18-15-12-8-3)100-83(88)69-64-59-54-49-48-50-55-60-65-76(5)9-4/h76-79,84H,6-75H2,1-5H3,(H,89,90)(H,91,92)/t76?,77-,78+,79+/m0/s1. The van der Waals surface area contributed by atoms with Gasteiger partial charge in [0.25, 0.3) is 0 Å². The summed E-state index contributed by atoms with van der Waals surface area (Å²) < 4.78 is 68.7. The number of esters is 4. The first kappa shape index (κ1) is 100. The Kier molecular flexibility index (Phi) is 74.4. The maximum Gasteiger partial charge on any atom is 0.472 e. The van der Waals surface area contributed by atoms with Gasteiger partial charge in [0.2, 0.25) is 0 Å². The number of carbonyl (C=O) groups excluding carboxylic acids is 4. The van der Waals surface area contributed by atoms with Crippen molar-refractivity contribution in [1.29, 1.82) is 0 Å². The summed E-state index contributed by atoms with van der Waals surface area (Å²) in [5, 5.41) is 10.6. The van der Waals surface area contributed by atoms with Crippen LogP contribution in [-0.2, 0) is 65.4 Å². The van der Waals surface area contributed by atoms with Crippen LogP contribution in [0.5, 0.6) is 0 Å². The molecule has 0 spiro atoms. The van der Waals surface area contributed by atoms with Crippen molar-refractivity contribution < 1.29 is 80.2 Å². The summed E-state index contributed by atoms with van der Waals surface area (Å²) in [7, 11) is -9.92. The van der Waals surface area contributed by atoms with Crippen molar-refractivity contribution in [2.45, 2.75) is 464 Å². The van der Waals surface area contributed by atoms with Crippen molar-refractivity contribution in [1.82, 2.24) is 0 Å². The summed E-state index contributed by atoms with van der Waals surface area (Å²) in [5.41, 5.74) is 0. The SMILES string of the molecule is CCCCCCCCCCCCCCCCCCCCCCCCC(=O)O[C@H](COC(=O)CCCCCCCCCCCCCCCCCCCCCC)COP(=O)(O)OC[C@@H](O)COP(=O)(O)OC[C@@H](COC(=O)CCCCCCCCCC)OC(=O)CCCCCCCCCCC(C)CC. The molecule has 0 fully saturated rings. The quantitative estimate of drug-likeness (QED) is 0.0222. The summed E-state index contributed by atoms with van der Waals surface area (Å²) in [6.45, 7) is 7.30. The van der Waals surface area contributed by atoms with E-state index in [1.807, 2.05) is 0 Å². The first-order chi connectivity index (χ1) is 49.6. The lowest BCUT2D eigenvalue weighted by molar-refractivity contribution is -0.161. The van der Waals surface area contributed by atoms with Gasteiger partial charge in [-0.15, -0.1) is 0 Å². The lowest BCUT2D eigenvalue weighted by Crippen LogP contribution is -2.30. The van der Waals surface area contributed by atoms with Crippen molar-refractivity contribution in [3.05, 3.63) is 0 Å². The van der Waals surface area contributed by atoms with E-state index >= 15 is 0 Å². The van der Waals surface area contributed by atoms with Crippen molar-refractivity contribution in [2.75, 3.05) is 39.6 Å². The molecule has 17 nitrogen and oxygen atoms in total. The minimum atomic E-state index is -4.96. The van der Waals surface area contributed by atoms with Gasteiger partial charge in [-0.25, -0.2) is 9.13 Å². The third-order valence-electron chi connectivity index (χ3n) is 19.9. The number of aliphatic hydroxyl groups is 1. The van der Waals surface area contributed by atoms with E-state index in [0.717, 1.165) is 102 Å². The second-order valence-corrected chi connectivity index (χ2v) is 33.0. The molecular weight excluding hydrogens is 1330 g/mol. The van der Waals surface area contributed by atoms with Crippen molar-refractivity contribution in [2.24, 2.45) is 5.92 Å². The van der Waals surface area contributed by atoms with Gasteiger partial charge in [-0.1, -0.05) is 394 Å². The first-order valence-electron chi connectivity index (χ1n) is 43.2. The Morgan fingerprint density at radius 1 is 0.275 bits per heavy atom. The third-order valence-corrected chi connectivity index (χ3v) is 21.8. The number of rotatable bonds is 83. The van der Waals surface area contributed by atoms with Gasteiger partial charge >= 0.3 is 39.5 Å². The molecule has 0 aliphatic heterocycles. The molecule has 0 rings (SSSR count). The van der Waals surface area contributed by atoms with E-state index in [4.69, 9.17) is 37.0 Å². The van der Waals surface area contributed by atoms with Crippen LogP contribution >= 0.6 is 15.6 Å². The number of aliphatic hydroxyl groups excluding tert-OH is 1. The highest BCUT2D eigenvalue weighted by Gasteiger charge is 2.30. The number of hydrogen-bond acceptors (Lipinski definition) is 15. The van der Waals surface area contributed by atoms with E-state index < -0.39 is 97.5 Å². The molecule has 3 unspecified atom stereocenters. The second kappa shape index (κ2) is 75.9. The number of unbranched alkanes of at least 4 members (excludes halogenated alkanes) is 54. The van der Waals surface area contributed by atoms with E-state index in [2.05, 4.69) is 34.6 Å². The van der Waals surface area contributed by atoms with Gasteiger partial charge in [-0.05, 0) is 31.6 Å². The minimum Gasteiger partial charge on any atom is -0.462 e. The highest BCUT2D eigenvalue weighted by atomic mass is 31.2. The third kappa shape index (κ3) is 74.9. The Labute approximate surface area is 626 Å². The van der Waals surface area contributed by atoms with Gasteiger partial charge in [0.05, 0.1) is 26.4 Å². The van der Waals surface area contributed by atoms with Crippen molar-refractivity contribution >= 4 is 39.5 Å². The highest BCUT2D eigenvalue weighted by Crippen LogP contribution is 2.45. The lowest BCUT2D eigenvalue weighted by atomic mass is 9.99. The molecule has 3 N–H and O–H groups in total. The van der Waals surface area contributed by atoms with Gasteiger partial charge in [0, 0.05) is 25.7 Å². The topological polar surface area (TPSA) is 237 Å². The zero-order chi connectivity index (χ0) is 74.8. The van der Waals surface area contributed by atoms with Crippen LogP contribution in [0.1, 0.15) is 446 Å². The summed E-state index contributed by atoms with van der Waals surface area (Å²) >= 11 is 0. The summed E-state index contributed by atoms with van der Waals surface area (Å²) in [6.07, 6.45) is 68.3. The molecular formula is C83H162O17P2. The van der Waals surface area contributed by atoms with Crippen LogP contribution in [0.25, 0.3) is 0 Å². The maximum absolute atomic E-state index is 13.1. The van der Waals surface area contributed by atoms with Gasteiger partial charge in [0.1, 0.15) is 19.3 Å². The number of hydrogen-bond donors (Lipinski definition) is 3. The molecule has 6 atom stereocenters. The number of carbonyl (C=O) groups is 4. The second-order valence-electron chi connectivity index (χ2n) is 30.1. The monoisotopic (exact) mass is 1490 g/mol. The molecule has 0 aliphatic rings. The molecule has 0 saturated heterocycles. The molecule has 0 aliphatic carbocycles. The highest BCUT2D eigenvalue weighted by molar-refractivity contribution is 7.47. The van der Waals surface area contributed by atoms with E-state index in [1.54, 1.807) is 0 Å². The number of phosphoric ester groups is 2. The molecule has 606 valence electrons. The van der Waals surface area contributed by atoms with Crippen LogP contribution in [0, 0.1) is 5.92 Å². The minimum absolute atomic E-state index is 0.105. The van der Waals surface area contributed by atoms with Crippen LogP contribution in [0.15, 0.2) is 0 Å². The average Bonchev–Trinajstić information content (AvgIpc) is 0.956. The van der Waals surface area contributed by atoms with Crippen molar-refractivity contribution in [3.8, 4) is 0 Å². The summed E-state index contributed by atoms with van der Waals surface area (Å²) in [5.74, 6) is -1.34. The van der Waals surface area contributed by atoms with E-state index in [9.17, 15) is 43.2 Å². The Bertz CT molecular complexity index is 1950. The van der Waals surface area contributed by atoms with Gasteiger partial charge < -0.3 is 33.8 Å². The van der Waals surface area contributed by atoms with Crippen LogP contribution in [0.3, 0.4) is 0 Å². The predicted molar refractivity (Wildman–Crippen MR) is 418 cm³/mol. The normalized spacial score (nSPS) is 14.1. The zero-order valence-corrected chi connectivity index (χ0v) is 68.5. The summed E-state index contributed by atoms with van der Waals surface area (Å²) in [6, 6.07) is 0. The van der Waals surface area contributed by atoms with E-state index in [1.165, 1.54) is 263 Å². The largest absolute Gasteiger partial charge is 0.472 e.